The van der Waals surface area contributed by atoms with Gasteiger partial charge in [0.1, 0.15) is 22.9 Å². The van der Waals surface area contributed by atoms with Gasteiger partial charge in [-0.2, -0.15) is 0 Å². The van der Waals surface area contributed by atoms with Crippen molar-refractivity contribution in [2.24, 2.45) is 0 Å². The van der Waals surface area contributed by atoms with Crippen LogP contribution < -0.4 is 10.9 Å². The molecule has 0 atom stereocenters. The molecule has 2 aromatic rings. The normalized spacial score (nSPS) is 13.6. The van der Waals surface area contributed by atoms with E-state index >= 15 is 0 Å². The lowest BCUT2D eigenvalue weighted by molar-refractivity contribution is 0.0971. The van der Waals surface area contributed by atoms with Gasteiger partial charge in [-0.15, -0.1) is 0 Å². The zero-order chi connectivity index (χ0) is 16.6. The summed E-state index contributed by atoms with van der Waals surface area (Å²) in [5.74, 6) is -3.06. The Kier molecular flexibility index (Phi) is 3.77. The number of fused-ring (bicyclic) bond motifs is 1. The fraction of sp³-hybridized carbons (Fsp3) is 0.188. The van der Waals surface area contributed by atoms with Crippen LogP contribution in [0.2, 0.25) is 0 Å². The minimum atomic E-state index is -0.976. The van der Waals surface area contributed by atoms with Gasteiger partial charge in [0.15, 0.2) is 5.78 Å². The lowest BCUT2D eigenvalue weighted by Crippen LogP contribution is -2.28. The number of aryl methyl sites for hydroxylation is 1. The Morgan fingerprint density at radius 2 is 1.83 bits per heavy atom. The molecule has 0 saturated carbocycles. The summed E-state index contributed by atoms with van der Waals surface area (Å²) in [6.07, 6.45) is 1.51. The number of benzene rings is 1. The van der Waals surface area contributed by atoms with E-state index in [-0.39, 0.29) is 16.9 Å². The number of carbonyl (C=O) groups is 2. The number of amides is 1. The summed E-state index contributed by atoms with van der Waals surface area (Å²) < 4.78 is 27.1. The van der Waals surface area contributed by atoms with Gasteiger partial charge < -0.3 is 10.3 Å². The second-order valence-corrected chi connectivity index (χ2v) is 5.23. The zero-order valence-electron chi connectivity index (χ0n) is 11.9. The lowest BCUT2D eigenvalue weighted by atomic mass is 9.93. The summed E-state index contributed by atoms with van der Waals surface area (Å²) >= 11 is 0. The average Bonchev–Trinajstić information content (AvgIpc) is 2.50. The highest BCUT2D eigenvalue weighted by atomic mass is 19.1. The topological polar surface area (TPSA) is 79.0 Å². The van der Waals surface area contributed by atoms with E-state index < -0.39 is 28.8 Å². The number of hydrogen-bond donors (Lipinski definition) is 2. The summed E-state index contributed by atoms with van der Waals surface area (Å²) in [4.78, 5) is 38.5. The van der Waals surface area contributed by atoms with Crippen molar-refractivity contribution in [3.8, 4) is 0 Å². The predicted molar refractivity (Wildman–Crippen MR) is 78.6 cm³/mol. The van der Waals surface area contributed by atoms with Gasteiger partial charge in [-0.05, 0) is 31.0 Å². The van der Waals surface area contributed by atoms with Crippen LogP contribution in [0.5, 0.6) is 0 Å². The molecule has 0 spiro atoms. The minimum Gasteiger partial charge on any atom is -0.325 e. The lowest BCUT2D eigenvalue weighted by Gasteiger charge is -2.15. The first kappa shape index (κ1) is 15.1. The Hall–Kier alpha value is -2.83. The molecule has 2 N–H and O–H groups in total. The molecular formula is C16H12F2N2O3. The number of nitrogens with one attached hydrogen (secondary N) is 2. The Bertz CT molecular complexity index is 854. The van der Waals surface area contributed by atoms with Gasteiger partial charge in [-0.3, -0.25) is 14.4 Å². The van der Waals surface area contributed by atoms with Crippen molar-refractivity contribution in [2.45, 2.75) is 19.3 Å². The maximum atomic E-state index is 13.6. The molecule has 1 aromatic carbocycles. The molecule has 1 aromatic heterocycles. The first-order valence-electron chi connectivity index (χ1n) is 7.02. The van der Waals surface area contributed by atoms with Crippen molar-refractivity contribution in [3.63, 3.8) is 0 Å². The van der Waals surface area contributed by atoms with E-state index in [4.69, 9.17) is 0 Å². The number of hydrogen-bond acceptors (Lipinski definition) is 3. The van der Waals surface area contributed by atoms with E-state index in [1.807, 2.05) is 5.32 Å². The summed E-state index contributed by atoms with van der Waals surface area (Å²) in [5.41, 5.74) is -0.940. The number of anilines is 1. The smallest absolute Gasteiger partial charge is 0.261 e. The Labute approximate surface area is 129 Å². The Morgan fingerprint density at radius 3 is 2.52 bits per heavy atom. The van der Waals surface area contributed by atoms with Gasteiger partial charge in [0.25, 0.3) is 11.5 Å². The number of aromatic amines is 1. The van der Waals surface area contributed by atoms with Gasteiger partial charge in [0, 0.05) is 17.7 Å². The number of H-pyrrole nitrogens is 1. The highest BCUT2D eigenvalue weighted by molar-refractivity contribution is 6.06. The van der Waals surface area contributed by atoms with Crippen LogP contribution in [0.1, 0.15) is 39.3 Å². The summed E-state index contributed by atoms with van der Waals surface area (Å²) in [6.45, 7) is 0. The molecule has 118 valence electrons. The van der Waals surface area contributed by atoms with E-state index in [2.05, 4.69) is 4.98 Å². The van der Waals surface area contributed by atoms with Gasteiger partial charge in [-0.25, -0.2) is 8.78 Å². The highest BCUT2D eigenvalue weighted by Gasteiger charge is 2.23. The van der Waals surface area contributed by atoms with Crippen LogP contribution in [0.4, 0.5) is 14.5 Å². The fourth-order valence-corrected chi connectivity index (χ4v) is 2.54. The van der Waals surface area contributed by atoms with Crippen molar-refractivity contribution in [3.05, 3.63) is 63.1 Å². The number of halogens is 2. The van der Waals surface area contributed by atoms with Crippen molar-refractivity contribution < 1.29 is 18.4 Å². The van der Waals surface area contributed by atoms with Crippen LogP contribution in [-0.4, -0.2) is 16.7 Å². The molecule has 0 bridgehead atoms. The molecule has 1 heterocycles. The Morgan fingerprint density at radius 1 is 1.13 bits per heavy atom. The molecule has 5 nitrogen and oxygen atoms in total. The van der Waals surface area contributed by atoms with Crippen LogP contribution in [-0.2, 0) is 6.42 Å². The maximum absolute atomic E-state index is 13.6. The quantitative estimate of drug-likeness (QED) is 0.892. The number of Topliss-reactive ketones (excluding diaryl/α,β-unsaturated/α-hetero) is 1. The van der Waals surface area contributed by atoms with Crippen LogP contribution in [0.25, 0.3) is 0 Å². The zero-order valence-corrected chi connectivity index (χ0v) is 11.9. The molecule has 1 aliphatic carbocycles. The van der Waals surface area contributed by atoms with Crippen molar-refractivity contribution in [1.82, 2.24) is 4.98 Å². The second-order valence-electron chi connectivity index (χ2n) is 5.23. The van der Waals surface area contributed by atoms with Crippen LogP contribution in [0, 0.1) is 11.6 Å². The van der Waals surface area contributed by atoms with Gasteiger partial charge >= 0.3 is 0 Å². The first-order chi connectivity index (χ1) is 11.0. The molecule has 1 amide bonds. The molecule has 3 rings (SSSR count). The Balaban J connectivity index is 1.99. The molecule has 0 saturated heterocycles. The van der Waals surface area contributed by atoms with Gasteiger partial charge in [0.05, 0.1) is 0 Å². The summed E-state index contributed by atoms with van der Waals surface area (Å²) in [6, 6.07) is 4.31. The number of rotatable bonds is 2. The minimum absolute atomic E-state index is 0.173. The molecular weight excluding hydrogens is 306 g/mol. The number of ketones is 1. The van der Waals surface area contributed by atoms with Crippen molar-refractivity contribution in [2.75, 3.05) is 5.32 Å². The van der Waals surface area contributed by atoms with E-state index in [0.717, 1.165) is 18.2 Å². The highest BCUT2D eigenvalue weighted by Crippen LogP contribution is 2.21. The van der Waals surface area contributed by atoms with Gasteiger partial charge in [-0.1, -0.05) is 6.07 Å². The fourth-order valence-electron chi connectivity index (χ4n) is 2.54. The molecule has 0 unspecified atom stereocenters. The molecule has 0 fully saturated rings. The van der Waals surface area contributed by atoms with E-state index in [1.54, 1.807) is 0 Å². The van der Waals surface area contributed by atoms with Crippen molar-refractivity contribution in [1.29, 1.82) is 0 Å². The average molecular weight is 318 g/mol. The van der Waals surface area contributed by atoms with Crippen LogP contribution in [0.3, 0.4) is 0 Å². The van der Waals surface area contributed by atoms with E-state index in [0.29, 0.717) is 25.0 Å². The predicted octanol–water partition coefficient (Wildman–Crippen LogP) is 2.42. The van der Waals surface area contributed by atoms with Crippen LogP contribution in [0.15, 0.2) is 29.1 Å². The van der Waals surface area contributed by atoms with E-state index in [1.165, 1.54) is 6.07 Å². The molecule has 1 aliphatic rings. The standard InChI is InChI=1S/C16H12F2N2O3/c17-10-3-1-4-11(18)14(10)20-16(23)9-7-8-12(19-15(9)22)5-2-6-13(8)21/h1,3-4,7H,2,5-6H2,(H,19,22)(H,20,23). The summed E-state index contributed by atoms with van der Waals surface area (Å²) in [5, 5.41) is 2.04. The molecule has 23 heavy (non-hydrogen) atoms. The van der Waals surface area contributed by atoms with Crippen molar-refractivity contribution >= 4 is 17.4 Å². The maximum Gasteiger partial charge on any atom is 0.261 e. The third-order valence-corrected chi connectivity index (χ3v) is 3.70. The number of para-hydroxylation sites is 1. The number of pyridine rings is 1. The molecule has 0 aliphatic heterocycles. The number of aromatic nitrogens is 1. The third-order valence-electron chi connectivity index (χ3n) is 3.70. The van der Waals surface area contributed by atoms with Crippen LogP contribution >= 0.6 is 0 Å². The largest absolute Gasteiger partial charge is 0.325 e. The number of carbonyl (C=O) groups excluding carboxylic acids is 2. The molecule has 0 radical (unpaired) electrons. The van der Waals surface area contributed by atoms with E-state index in [9.17, 15) is 23.2 Å². The third kappa shape index (κ3) is 2.77. The summed E-state index contributed by atoms with van der Waals surface area (Å²) in [7, 11) is 0. The SMILES string of the molecule is O=C1CCCc2[nH]c(=O)c(C(=O)Nc3c(F)cccc3F)cc21. The monoisotopic (exact) mass is 318 g/mol. The molecule has 7 heteroatoms. The van der Waals surface area contributed by atoms with Gasteiger partial charge in [0.2, 0.25) is 0 Å². The first-order valence-corrected chi connectivity index (χ1v) is 7.02. The second kappa shape index (κ2) is 5.75.